The SMILES string of the molecule is CC#CC1=CC(C)(C)C=C(NC(=O)Nc2cc(C(C)(C)C)on2)C=C1. The van der Waals surface area contributed by atoms with Gasteiger partial charge in [0, 0.05) is 28.2 Å². The van der Waals surface area contributed by atoms with E-state index in [9.17, 15) is 4.79 Å². The van der Waals surface area contributed by atoms with Crippen LogP contribution in [0.1, 0.15) is 47.3 Å². The number of amides is 2. The molecule has 0 fully saturated rings. The maximum atomic E-state index is 12.2. The first-order chi connectivity index (χ1) is 11.6. The fourth-order valence-electron chi connectivity index (χ4n) is 2.39. The zero-order valence-corrected chi connectivity index (χ0v) is 15.7. The van der Waals surface area contributed by atoms with Crippen LogP contribution in [0.4, 0.5) is 10.6 Å². The smallest absolute Gasteiger partial charge is 0.324 e. The van der Waals surface area contributed by atoms with Gasteiger partial charge >= 0.3 is 6.03 Å². The molecule has 1 aliphatic carbocycles. The van der Waals surface area contributed by atoms with Crippen LogP contribution in [0.2, 0.25) is 0 Å². The first-order valence-corrected chi connectivity index (χ1v) is 8.21. The van der Waals surface area contributed by atoms with E-state index in [2.05, 4.69) is 47.6 Å². The van der Waals surface area contributed by atoms with Crippen molar-refractivity contribution < 1.29 is 9.32 Å². The van der Waals surface area contributed by atoms with Gasteiger partial charge in [0.25, 0.3) is 0 Å². The normalized spacial score (nSPS) is 16.1. The minimum Gasteiger partial charge on any atom is -0.359 e. The van der Waals surface area contributed by atoms with Gasteiger partial charge in [-0.05, 0) is 19.1 Å². The van der Waals surface area contributed by atoms with Crippen LogP contribution in [-0.4, -0.2) is 11.2 Å². The van der Waals surface area contributed by atoms with E-state index in [-0.39, 0.29) is 16.9 Å². The quantitative estimate of drug-likeness (QED) is 0.778. The summed E-state index contributed by atoms with van der Waals surface area (Å²) in [6, 6.07) is 1.36. The van der Waals surface area contributed by atoms with Crippen molar-refractivity contribution in [3.05, 3.63) is 47.4 Å². The standard InChI is InChI=1S/C20H25N3O2/c1-7-8-14-9-10-15(13-20(5,6)12-14)21-18(24)22-17-11-16(25-23-17)19(2,3)4/h9-13H,1-6H3,(H2,21,22,23,24). The summed E-state index contributed by atoms with van der Waals surface area (Å²) in [6.07, 6.45) is 7.79. The summed E-state index contributed by atoms with van der Waals surface area (Å²) >= 11 is 0. The van der Waals surface area contributed by atoms with Crippen LogP contribution in [0.5, 0.6) is 0 Å². The Morgan fingerprint density at radius 2 is 1.92 bits per heavy atom. The van der Waals surface area contributed by atoms with Crippen molar-refractivity contribution in [3.63, 3.8) is 0 Å². The largest absolute Gasteiger partial charge is 0.359 e. The lowest BCUT2D eigenvalue weighted by Crippen LogP contribution is -2.28. The van der Waals surface area contributed by atoms with Crippen LogP contribution < -0.4 is 10.6 Å². The number of aromatic nitrogens is 1. The van der Waals surface area contributed by atoms with Gasteiger partial charge in [0.15, 0.2) is 5.82 Å². The highest BCUT2D eigenvalue weighted by Crippen LogP contribution is 2.26. The number of nitrogens with zero attached hydrogens (tertiary/aromatic N) is 1. The van der Waals surface area contributed by atoms with Gasteiger partial charge in [0.2, 0.25) is 0 Å². The van der Waals surface area contributed by atoms with Crippen LogP contribution in [0, 0.1) is 17.3 Å². The Labute approximate surface area is 149 Å². The fourth-order valence-corrected chi connectivity index (χ4v) is 2.39. The molecule has 132 valence electrons. The van der Waals surface area contributed by atoms with E-state index in [1.807, 2.05) is 39.0 Å². The third-order valence-corrected chi connectivity index (χ3v) is 3.52. The molecule has 2 rings (SSSR count). The van der Waals surface area contributed by atoms with Crippen molar-refractivity contribution in [2.45, 2.75) is 47.0 Å². The predicted octanol–water partition coefficient (Wildman–Crippen LogP) is 4.52. The molecule has 0 saturated heterocycles. The molecule has 0 radical (unpaired) electrons. The molecule has 0 bridgehead atoms. The number of allylic oxidation sites excluding steroid dienone is 5. The number of carbonyl (C=O) groups excluding carboxylic acids is 1. The van der Waals surface area contributed by atoms with E-state index in [1.54, 1.807) is 13.0 Å². The molecule has 5 heteroatoms. The van der Waals surface area contributed by atoms with Gasteiger partial charge in [-0.3, -0.25) is 5.32 Å². The molecule has 1 aromatic heterocycles. The summed E-state index contributed by atoms with van der Waals surface area (Å²) < 4.78 is 5.27. The van der Waals surface area contributed by atoms with Crippen LogP contribution in [-0.2, 0) is 5.41 Å². The number of hydrogen-bond acceptors (Lipinski definition) is 3. The van der Waals surface area contributed by atoms with Crippen molar-refractivity contribution in [1.29, 1.82) is 0 Å². The van der Waals surface area contributed by atoms with Gasteiger partial charge in [-0.2, -0.15) is 0 Å². The van der Waals surface area contributed by atoms with Crippen molar-refractivity contribution in [3.8, 4) is 11.8 Å². The highest BCUT2D eigenvalue weighted by molar-refractivity contribution is 5.89. The predicted molar refractivity (Wildman–Crippen MR) is 99.9 cm³/mol. The molecule has 1 aromatic rings. The third-order valence-electron chi connectivity index (χ3n) is 3.52. The van der Waals surface area contributed by atoms with Gasteiger partial charge in [0.05, 0.1) is 0 Å². The zero-order chi connectivity index (χ0) is 18.7. The Balaban J connectivity index is 2.07. The van der Waals surface area contributed by atoms with E-state index in [4.69, 9.17) is 4.52 Å². The number of urea groups is 1. The van der Waals surface area contributed by atoms with Crippen molar-refractivity contribution >= 4 is 11.8 Å². The topological polar surface area (TPSA) is 67.2 Å². The molecule has 0 saturated carbocycles. The maximum absolute atomic E-state index is 12.2. The second-order valence-corrected chi connectivity index (χ2v) is 7.63. The van der Waals surface area contributed by atoms with E-state index < -0.39 is 0 Å². The molecule has 0 aliphatic heterocycles. The first-order valence-electron chi connectivity index (χ1n) is 8.21. The summed E-state index contributed by atoms with van der Waals surface area (Å²) in [6.45, 7) is 12.0. The minimum absolute atomic E-state index is 0.164. The van der Waals surface area contributed by atoms with Crippen LogP contribution in [0.3, 0.4) is 0 Å². The van der Waals surface area contributed by atoms with E-state index in [0.29, 0.717) is 17.3 Å². The number of rotatable bonds is 2. The Morgan fingerprint density at radius 3 is 2.52 bits per heavy atom. The lowest BCUT2D eigenvalue weighted by molar-refractivity contribution is 0.254. The number of anilines is 1. The van der Waals surface area contributed by atoms with Gasteiger partial charge in [-0.15, -0.1) is 5.92 Å². The summed E-state index contributed by atoms with van der Waals surface area (Å²) in [4.78, 5) is 12.2. The zero-order valence-electron chi connectivity index (χ0n) is 15.7. The first kappa shape index (κ1) is 18.6. The Kier molecular flexibility index (Phi) is 5.22. The molecule has 2 amide bonds. The minimum atomic E-state index is -0.370. The number of carbonyl (C=O) groups is 1. The Morgan fingerprint density at radius 1 is 1.20 bits per heavy atom. The van der Waals surface area contributed by atoms with Crippen LogP contribution in [0.25, 0.3) is 0 Å². The fraction of sp³-hybridized carbons (Fsp3) is 0.400. The monoisotopic (exact) mass is 339 g/mol. The molecule has 1 aliphatic rings. The molecule has 0 atom stereocenters. The summed E-state index contributed by atoms with van der Waals surface area (Å²) in [5, 5.41) is 9.41. The molecule has 5 nitrogen and oxygen atoms in total. The average Bonchev–Trinajstić information content (AvgIpc) is 2.87. The highest BCUT2D eigenvalue weighted by atomic mass is 16.5. The highest BCUT2D eigenvalue weighted by Gasteiger charge is 2.21. The van der Waals surface area contributed by atoms with E-state index in [1.165, 1.54) is 0 Å². The van der Waals surface area contributed by atoms with Gasteiger partial charge < -0.3 is 9.84 Å². The second kappa shape index (κ2) is 7.02. The van der Waals surface area contributed by atoms with E-state index >= 15 is 0 Å². The summed E-state index contributed by atoms with van der Waals surface area (Å²) in [5.74, 6) is 7.04. The molecular formula is C20H25N3O2. The summed E-state index contributed by atoms with van der Waals surface area (Å²) in [5.41, 5.74) is 1.24. The van der Waals surface area contributed by atoms with Gasteiger partial charge in [-0.1, -0.05) is 57.8 Å². The third kappa shape index (κ3) is 5.39. The molecular weight excluding hydrogens is 314 g/mol. The average molecular weight is 339 g/mol. The Bertz CT molecular complexity index is 806. The van der Waals surface area contributed by atoms with Crippen molar-refractivity contribution in [2.75, 3.05) is 5.32 Å². The Hall–Kier alpha value is -2.74. The lowest BCUT2D eigenvalue weighted by Gasteiger charge is -2.16. The van der Waals surface area contributed by atoms with Crippen molar-refractivity contribution in [1.82, 2.24) is 10.5 Å². The van der Waals surface area contributed by atoms with Gasteiger partial charge in [-0.25, -0.2) is 4.79 Å². The number of hydrogen-bond donors (Lipinski definition) is 2. The van der Waals surface area contributed by atoms with Crippen LogP contribution in [0.15, 0.2) is 46.2 Å². The summed E-state index contributed by atoms with van der Waals surface area (Å²) in [7, 11) is 0. The molecule has 0 spiro atoms. The molecule has 1 heterocycles. The molecule has 2 N–H and O–H groups in total. The molecule has 25 heavy (non-hydrogen) atoms. The molecule has 0 aromatic carbocycles. The van der Waals surface area contributed by atoms with E-state index in [0.717, 1.165) is 5.57 Å². The maximum Gasteiger partial charge on any atom is 0.324 e. The molecule has 0 unspecified atom stereocenters. The lowest BCUT2D eigenvalue weighted by atomic mass is 9.91. The van der Waals surface area contributed by atoms with Crippen molar-refractivity contribution in [2.24, 2.45) is 5.41 Å². The van der Waals surface area contributed by atoms with Gasteiger partial charge in [0.1, 0.15) is 5.76 Å². The van der Waals surface area contributed by atoms with Crippen LogP contribution >= 0.6 is 0 Å². The second-order valence-electron chi connectivity index (χ2n) is 7.63. The number of nitrogens with one attached hydrogen (secondary N) is 2.